The molecule has 11 nitrogen and oxygen atoms in total. The van der Waals surface area contributed by atoms with Crippen molar-refractivity contribution in [1.29, 1.82) is 0 Å². The molecule has 2 aromatic heterocycles. The predicted octanol–water partition coefficient (Wildman–Crippen LogP) is -0.704. The number of imidazole rings is 1. The number of aryl methyl sites for hydroxylation is 2. The molecule has 4 rings (SSSR count). The third kappa shape index (κ3) is 4.59. The van der Waals surface area contributed by atoms with Gasteiger partial charge in [0.05, 0.1) is 13.2 Å². The van der Waals surface area contributed by atoms with Gasteiger partial charge in [0.2, 0.25) is 5.95 Å². The highest BCUT2D eigenvalue weighted by atomic mass is 16.5. The average Bonchev–Trinajstić information content (AvgIpc) is 3.20. The van der Waals surface area contributed by atoms with Gasteiger partial charge in [-0.1, -0.05) is 18.2 Å². The van der Waals surface area contributed by atoms with Crippen molar-refractivity contribution in [1.82, 2.24) is 23.6 Å². The first-order valence-electron chi connectivity index (χ1n) is 11.4. The summed E-state index contributed by atoms with van der Waals surface area (Å²) in [4.78, 5) is 34.5. The molecule has 0 saturated carbocycles. The van der Waals surface area contributed by atoms with Crippen molar-refractivity contribution in [3.63, 3.8) is 0 Å². The first-order valence-corrected chi connectivity index (χ1v) is 11.4. The van der Waals surface area contributed by atoms with E-state index >= 15 is 0 Å². The first kappa shape index (κ1) is 24.0. The molecule has 0 unspecified atom stereocenters. The maximum absolute atomic E-state index is 13.1. The second-order valence-corrected chi connectivity index (χ2v) is 8.68. The van der Waals surface area contributed by atoms with Gasteiger partial charge in [0, 0.05) is 46.8 Å². The van der Waals surface area contributed by atoms with E-state index in [0.29, 0.717) is 31.3 Å². The van der Waals surface area contributed by atoms with Crippen LogP contribution in [0.1, 0.15) is 5.56 Å². The molecule has 3 aromatic rings. The van der Waals surface area contributed by atoms with Gasteiger partial charge in [-0.2, -0.15) is 4.98 Å². The highest BCUT2D eigenvalue weighted by molar-refractivity contribution is 5.74. The second-order valence-electron chi connectivity index (χ2n) is 8.68. The molecule has 11 heteroatoms. The Labute approximate surface area is 197 Å². The summed E-state index contributed by atoms with van der Waals surface area (Å²) in [5.74, 6) is 1.22. The van der Waals surface area contributed by atoms with Crippen molar-refractivity contribution in [2.75, 3.05) is 50.8 Å². The molecule has 0 bridgehead atoms. The Hall–Kier alpha value is -3.15. The van der Waals surface area contributed by atoms with Crippen LogP contribution in [0, 0.1) is 6.92 Å². The molecule has 1 saturated heterocycles. The number of nitrogens with zero attached hydrogens (tertiary/aromatic N) is 6. The van der Waals surface area contributed by atoms with Crippen LogP contribution in [0.4, 0.5) is 5.95 Å². The lowest BCUT2D eigenvalue weighted by molar-refractivity contribution is 0.0931. The third-order valence-electron chi connectivity index (χ3n) is 6.32. The fourth-order valence-corrected chi connectivity index (χ4v) is 4.33. The van der Waals surface area contributed by atoms with E-state index in [1.54, 1.807) is 11.6 Å². The smallest absolute Gasteiger partial charge is 0.332 e. The molecule has 0 spiro atoms. The number of para-hydroxylation sites is 1. The van der Waals surface area contributed by atoms with Crippen LogP contribution in [0.25, 0.3) is 11.2 Å². The van der Waals surface area contributed by atoms with Gasteiger partial charge < -0.3 is 24.4 Å². The Morgan fingerprint density at radius 3 is 2.47 bits per heavy atom. The van der Waals surface area contributed by atoms with Crippen molar-refractivity contribution < 1.29 is 14.9 Å². The number of β-amino-alcohol motifs (C(OH)–C–C–N with tert-alkyl or cyclic N) is 1. The SMILES string of the molecule is Cc1ccccc1OC[C@@H](O)Cn1c(N2CCN(CCO)CC2)nc2c1c(=O)n(C)c(=O)n2C. The minimum atomic E-state index is -0.909. The van der Waals surface area contributed by atoms with Gasteiger partial charge in [0.15, 0.2) is 11.2 Å². The number of aliphatic hydroxyl groups is 2. The van der Waals surface area contributed by atoms with Gasteiger partial charge in [-0.3, -0.25) is 18.8 Å². The molecule has 1 aliphatic heterocycles. The summed E-state index contributed by atoms with van der Waals surface area (Å²) in [5, 5.41) is 20.1. The van der Waals surface area contributed by atoms with Gasteiger partial charge in [0.25, 0.3) is 5.56 Å². The fraction of sp³-hybridized carbons (Fsp3) is 0.522. The lowest BCUT2D eigenvalue weighted by atomic mass is 10.2. The Morgan fingerprint density at radius 2 is 1.79 bits per heavy atom. The summed E-state index contributed by atoms with van der Waals surface area (Å²) < 4.78 is 9.93. The van der Waals surface area contributed by atoms with Crippen molar-refractivity contribution in [3.8, 4) is 5.75 Å². The number of anilines is 1. The summed E-state index contributed by atoms with van der Waals surface area (Å²) in [7, 11) is 3.02. The third-order valence-corrected chi connectivity index (χ3v) is 6.32. The molecule has 184 valence electrons. The van der Waals surface area contributed by atoms with Gasteiger partial charge in [-0.15, -0.1) is 0 Å². The van der Waals surface area contributed by atoms with Crippen molar-refractivity contribution in [2.24, 2.45) is 14.1 Å². The van der Waals surface area contributed by atoms with Crippen LogP contribution < -0.4 is 20.9 Å². The number of hydrogen-bond donors (Lipinski definition) is 2. The number of hydrogen-bond acceptors (Lipinski definition) is 8. The monoisotopic (exact) mass is 472 g/mol. The molecule has 1 atom stereocenters. The second kappa shape index (κ2) is 10.00. The number of aromatic nitrogens is 4. The van der Waals surface area contributed by atoms with Gasteiger partial charge in [0.1, 0.15) is 18.5 Å². The largest absolute Gasteiger partial charge is 0.491 e. The van der Waals surface area contributed by atoms with Crippen LogP contribution in [0.2, 0.25) is 0 Å². The van der Waals surface area contributed by atoms with E-state index < -0.39 is 17.4 Å². The summed E-state index contributed by atoms with van der Waals surface area (Å²) in [5.41, 5.74) is 0.612. The first-order chi connectivity index (χ1) is 16.3. The van der Waals surface area contributed by atoms with Crippen LogP contribution in [-0.4, -0.2) is 85.8 Å². The Balaban J connectivity index is 1.67. The highest BCUT2D eigenvalue weighted by Gasteiger charge is 2.26. The van der Waals surface area contributed by atoms with Crippen molar-refractivity contribution >= 4 is 17.1 Å². The van der Waals surface area contributed by atoms with Crippen LogP contribution in [0.3, 0.4) is 0 Å². The van der Waals surface area contributed by atoms with E-state index in [2.05, 4.69) is 9.88 Å². The van der Waals surface area contributed by atoms with Crippen molar-refractivity contribution in [3.05, 3.63) is 50.7 Å². The summed E-state index contributed by atoms with van der Waals surface area (Å²) >= 11 is 0. The highest BCUT2D eigenvalue weighted by Crippen LogP contribution is 2.22. The summed E-state index contributed by atoms with van der Waals surface area (Å²) in [6, 6.07) is 7.57. The molecule has 34 heavy (non-hydrogen) atoms. The van der Waals surface area contributed by atoms with E-state index in [1.165, 1.54) is 11.6 Å². The number of fused-ring (bicyclic) bond motifs is 1. The molecule has 1 fully saturated rings. The quantitative estimate of drug-likeness (QED) is 0.442. The predicted molar refractivity (Wildman–Crippen MR) is 129 cm³/mol. The number of aliphatic hydroxyl groups excluding tert-OH is 2. The lowest BCUT2D eigenvalue weighted by Gasteiger charge is -2.35. The molecular formula is C23H32N6O5. The summed E-state index contributed by atoms with van der Waals surface area (Å²) in [6.07, 6.45) is -0.909. The normalized spacial score (nSPS) is 15.7. The maximum Gasteiger partial charge on any atom is 0.332 e. The van der Waals surface area contributed by atoms with Gasteiger partial charge in [-0.05, 0) is 18.6 Å². The molecular weight excluding hydrogens is 440 g/mol. The number of piperazine rings is 1. The zero-order chi connectivity index (χ0) is 24.4. The maximum atomic E-state index is 13.1. The van der Waals surface area contributed by atoms with E-state index in [1.807, 2.05) is 36.1 Å². The average molecular weight is 473 g/mol. The van der Waals surface area contributed by atoms with Crippen LogP contribution in [-0.2, 0) is 20.6 Å². The zero-order valence-electron chi connectivity index (χ0n) is 19.8. The molecule has 1 aromatic carbocycles. The lowest BCUT2D eigenvalue weighted by Crippen LogP contribution is -2.48. The topological polar surface area (TPSA) is 118 Å². The minimum absolute atomic E-state index is 0.0420. The number of ether oxygens (including phenoxy) is 1. The van der Waals surface area contributed by atoms with Crippen LogP contribution >= 0.6 is 0 Å². The fourth-order valence-electron chi connectivity index (χ4n) is 4.33. The molecule has 0 amide bonds. The van der Waals surface area contributed by atoms with E-state index in [0.717, 1.165) is 23.2 Å². The molecule has 0 aliphatic carbocycles. The Bertz CT molecular complexity index is 1270. The Kier molecular flexibility index (Phi) is 7.05. The minimum Gasteiger partial charge on any atom is -0.491 e. The van der Waals surface area contributed by atoms with Gasteiger partial charge >= 0.3 is 5.69 Å². The number of rotatable bonds is 8. The van der Waals surface area contributed by atoms with E-state index in [9.17, 15) is 19.8 Å². The van der Waals surface area contributed by atoms with Crippen LogP contribution in [0.15, 0.2) is 33.9 Å². The Morgan fingerprint density at radius 1 is 1.09 bits per heavy atom. The van der Waals surface area contributed by atoms with Gasteiger partial charge in [-0.25, -0.2) is 4.79 Å². The number of benzene rings is 1. The standard InChI is InChI=1S/C23H32N6O5/c1-16-6-4-5-7-18(16)34-15-17(31)14-29-19-20(25(2)23(33)26(3)21(19)32)24-22(29)28-10-8-27(9-11-28)12-13-30/h4-7,17,30-31H,8-15H2,1-3H3/t17-/m0/s1. The van der Waals surface area contributed by atoms with E-state index in [-0.39, 0.29) is 30.9 Å². The molecule has 0 radical (unpaired) electrons. The molecule has 2 N–H and O–H groups in total. The molecule has 3 heterocycles. The molecule has 1 aliphatic rings. The zero-order valence-corrected chi connectivity index (χ0v) is 19.8. The van der Waals surface area contributed by atoms with Crippen LogP contribution in [0.5, 0.6) is 5.75 Å². The van der Waals surface area contributed by atoms with Crippen molar-refractivity contribution in [2.45, 2.75) is 19.6 Å². The summed E-state index contributed by atoms with van der Waals surface area (Å²) in [6.45, 7) is 5.53. The van der Waals surface area contributed by atoms with E-state index in [4.69, 9.17) is 4.74 Å².